The number of benzene rings is 1. The fraction of sp³-hybridized carbons (Fsp3) is 0.357. The van der Waals surface area contributed by atoms with Gasteiger partial charge in [-0.25, -0.2) is 4.98 Å². The first-order valence-electron chi connectivity index (χ1n) is 6.26. The van der Waals surface area contributed by atoms with Gasteiger partial charge in [0.05, 0.1) is 16.8 Å². The van der Waals surface area contributed by atoms with E-state index >= 15 is 0 Å². The van der Waals surface area contributed by atoms with Crippen molar-refractivity contribution in [1.82, 2.24) is 10.3 Å². The number of halogens is 1. The Bertz CT molecular complexity index is 532. The molecule has 1 aromatic carbocycles. The first-order valence-corrected chi connectivity index (χ1v) is 6.64. The standard InChI is InChI=1S/C14H15ClN2O/c15-13-6-2-1-5-12(13)14-17-9-11(18-14)8-10-4-3-7-16-10/h1-2,5-6,9-10,16H,3-4,7-8H2. The summed E-state index contributed by atoms with van der Waals surface area (Å²) in [6.45, 7) is 1.11. The lowest BCUT2D eigenvalue weighted by atomic mass is 10.1. The molecule has 1 atom stereocenters. The van der Waals surface area contributed by atoms with Crippen LogP contribution in [-0.2, 0) is 6.42 Å². The van der Waals surface area contributed by atoms with Crippen molar-refractivity contribution in [2.75, 3.05) is 6.54 Å². The van der Waals surface area contributed by atoms with Gasteiger partial charge >= 0.3 is 0 Å². The van der Waals surface area contributed by atoms with Crippen LogP contribution in [0.1, 0.15) is 18.6 Å². The van der Waals surface area contributed by atoms with Gasteiger partial charge < -0.3 is 9.73 Å². The summed E-state index contributed by atoms with van der Waals surface area (Å²) in [7, 11) is 0. The maximum absolute atomic E-state index is 6.13. The predicted octanol–water partition coefficient (Wildman–Crippen LogP) is 3.29. The van der Waals surface area contributed by atoms with E-state index in [0.29, 0.717) is 17.0 Å². The third-order valence-electron chi connectivity index (χ3n) is 3.27. The molecular weight excluding hydrogens is 248 g/mol. The summed E-state index contributed by atoms with van der Waals surface area (Å²) < 4.78 is 5.78. The van der Waals surface area contributed by atoms with Crippen molar-refractivity contribution < 1.29 is 4.42 Å². The number of aromatic nitrogens is 1. The monoisotopic (exact) mass is 262 g/mol. The summed E-state index contributed by atoms with van der Waals surface area (Å²) in [6, 6.07) is 8.13. The average molecular weight is 263 g/mol. The van der Waals surface area contributed by atoms with E-state index in [1.807, 2.05) is 24.3 Å². The Labute approximate surface area is 111 Å². The van der Waals surface area contributed by atoms with Crippen molar-refractivity contribution in [3.05, 3.63) is 41.2 Å². The van der Waals surface area contributed by atoms with E-state index in [1.54, 1.807) is 6.20 Å². The molecule has 3 rings (SSSR count). The molecule has 0 spiro atoms. The zero-order chi connectivity index (χ0) is 12.4. The summed E-state index contributed by atoms with van der Waals surface area (Å²) in [5, 5.41) is 4.12. The van der Waals surface area contributed by atoms with E-state index in [2.05, 4.69) is 10.3 Å². The molecular formula is C14H15ClN2O. The Balaban J connectivity index is 1.79. The average Bonchev–Trinajstić information content (AvgIpc) is 3.02. The molecule has 2 heterocycles. The lowest BCUT2D eigenvalue weighted by Crippen LogP contribution is -2.23. The topological polar surface area (TPSA) is 38.1 Å². The third-order valence-corrected chi connectivity index (χ3v) is 3.60. The largest absolute Gasteiger partial charge is 0.441 e. The lowest BCUT2D eigenvalue weighted by molar-refractivity contribution is 0.476. The van der Waals surface area contributed by atoms with Gasteiger partial charge in [0.15, 0.2) is 0 Å². The molecule has 3 nitrogen and oxygen atoms in total. The van der Waals surface area contributed by atoms with Crippen LogP contribution in [0.4, 0.5) is 0 Å². The zero-order valence-electron chi connectivity index (χ0n) is 10.0. The second-order valence-electron chi connectivity index (χ2n) is 4.61. The highest BCUT2D eigenvalue weighted by Crippen LogP contribution is 2.27. The molecule has 1 N–H and O–H groups in total. The SMILES string of the molecule is Clc1ccccc1-c1ncc(CC2CCCN2)o1. The first-order chi connectivity index (χ1) is 8.83. The van der Waals surface area contributed by atoms with Gasteiger partial charge in [-0.3, -0.25) is 0 Å². The molecule has 1 saturated heterocycles. The molecule has 18 heavy (non-hydrogen) atoms. The molecule has 0 amide bonds. The zero-order valence-corrected chi connectivity index (χ0v) is 10.8. The van der Waals surface area contributed by atoms with Gasteiger partial charge in [-0.05, 0) is 31.5 Å². The summed E-state index contributed by atoms with van der Waals surface area (Å²) in [6.07, 6.45) is 5.16. The molecule has 2 aromatic rings. The van der Waals surface area contributed by atoms with E-state index in [-0.39, 0.29) is 0 Å². The second-order valence-corrected chi connectivity index (χ2v) is 5.02. The number of rotatable bonds is 3. The van der Waals surface area contributed by atoms with Crippen molar-refractivity contribution in [3.8, 4) is 11.5 Å². The minimum atomic E-state index is 0.525. The number of oxazole rings is 1. The molecule has 1 aliphatic heterocycles. The molecule has 4 heteroatoms. The normalized spacial score (nSPS) is 19.3. The number of nitrogens with zero attached hydrogens (tertiary/aromatic N) is 1. The van der Waals surface area contributed by atoms with E-state index in [1.165, 1.54) is 12.8 Å². The molecule has 1 aromatic heterocycles. The first kappa shape index (κ1) is 11.8. The van der Waals surface area contributed by atoms with Crippen LogP contribution in [0.2, 0.25) is 5.02 Å². The second kappa shape index (κ2) is 5.12. The molecule has 0 saturated carbocycles. The maximum atomic E-state index is 6.13. The van der Waals surface area contributed by atoms with Gasteiger partial charge in [-0.15, -0.1) is 0 Å². The quantitative estimate of drug-likeness (QED) is 0.922. The Kier molecular flexibility index (Phi) is 3.35. The molecule has 0 bridgehead atoms. The van der Waals surface area contributed by atoms with Crippen LogP contribution in [-0.4, -0.2) is 17.6 Å². The van der Waals surface area contributed by atoms with Crippen LogP contribution in [0.5, 0.6) is 0 Å². The molecule has 94 valence electrons. The van der Waals surface area contributed by atoms with Crippen molar-refractivity contribution in [2.45, 2.75) is 25.3 Å². The molecule has 0 radical (unpaired) electrons. The summed E-state index contributed by atoms with van der Waals surface area (Å²) in [5.74, 6) is 1.53. The van der Waals surface area contributed by atoms with Gasteiger partial charge in [0.1, 0.15) is 5.76 Å². The molecule has 1 fully saturated rings. The molecule has 0 aliphatic carbocycles. The Hall–Kier alpha value is -1.32. The van der Waals surface area contributed by atoms with E-state index < -0.39 is 0 Å². The summed E-state index contributed by atoms with van der Waals surface area (Å²) in [4.78, 5) is 4.31. The fourth-order valence-electron chi connectivity index (χ4n) is 2.33. The molecule has 1 aliphatic rings. The van der Waals surface area contributed by atoms with Gasteiger partial charge in [0.2, 0.25) is 5.89 Å². The van der Waals surface area contributed by atoms with Crippen LogP contribution >= 0.6 is 11.6 Å². The van der Waals surface area contributed by atoms with Crippen molar-refractivity contribution in [2.24, 2.45) is 0 Å². The van der Waals surface area contributed by atoms with Crippen LogP contribution in [0.25, 0.3) is 11.5 Å². The van der Waals surface area contributed by atoms with Crippen molar-refractivity contribution in [1.29, 1.82) is 0 Å². The lowest BCUT2D eigenvalue weighted by Gasteiger charge is -2.06. The van der Waals surface area contributed by atoms with E-state index in [9.17, 15) is 0 Å². The van der Waals surface area contributed by atoms with E-state index in [0.717, 1.165) is 24.3 Å². The van der Waals surface area contributed by atoms with Gasteiger partial charge in [0, 0.05) is 12.5 Å². The van der Waals surface area contributed by atoms with Gasteiger partial charge in [-0.1, -0.05) is 23.7 Å². The third kappa shape index (κ3) is 2.42. The predicted molar refractivity (Wildman–Crippen MR) is 71.7 cm³/mol. The highest BCUT2D eigenvalue weighted by molar-refractivity contribution is 6.33. The van der Waals surface area contributed by atoms with Crippen LogP contribution < -0.4 is 5.32 Å². The summed E-state index contributed by atoms with van der Waals surface area (Å²) >= 11 is 6.13. The highest BCUT2D eigenvalue weighted by Gasteiger charge is 2.17. The van der Waals surface area contributed by atoms with Crippen LogP contribution in [0.15, 0.2) is 34.9 Å². The number of hydrogen-bond donors (Lipinski definition) is 1. The van der Waals surface area contributed by atoms with Crippen LogP contribution in [0.3, 0.4) is 0 Å². The van der Waals surface area contributed by atoms with Crippen molar-refractivity contribution >= 4 is 11.6 Å². The Morgan fingerprint density at radius 3 is 3.06 bits per heavy atom. The van der Waals surface area contributed by atoms with Gasteiger partial charge in [-0.2, -0.15) is 0 Å². The minimum absolute atomic E-state index is 0.525. The number of nitrogens with one attached hydrogen (secondary N) is 1. The van der Waals surface area contributed by atoms with E-state index in [4.69, 9.17) is 16.0 Å². The van der Waals surface area contributed by atoms with Gasteiger partial charge in [0.25, 0.3) is 0 Å². The smallest absolute Gasteiger partial charge is 0.227 e. The fourth-order valence-corrected chi connectivity index (χ4v) is 2.55. The maximum Gasteiger partial charge on any atom is 0.227 e. The Morgan fingerprint density at radius 2 is 2.28 bits per heavy atom. The van der Waals surface area contributed by atoms with Crippen molar-refractivity contribution in [3.63, 3.8) is 0 Å². The number of hydrogen-bond acceptors (Lipinski definition) is 3. The minimum Gasteiger partial charge on any atom is -0.441 e. The Morgan fingerprint density at radius 1 is 1.39 bits per heavy atom. The summed E-state index contributed by atoms with van der Waals surface area (Å²) in [5.41, 5.74) is 0.852. The van der Waals surface area contributed by atoms with Crippen LogP contribution in [0, 0.1) is 0 Å². The molecule has 1 unspecified atom stereocenters. The highest BCUT2D eigenvalue weighted by atomic mass is 35.5.